The van der Waals surface area contributed by atoms with E-state index >= 15 is 0 Å². The number of aromatic nitrogens is 4. The van der Waals surface area contributed by atoms with Crippen molar-refractivity contribution < 1.29 is 0 Å². The standard InChI is InChI=1S/C17H20N6/c18-17-22-12(6-5-11-3-1-7-19-11)9-15(23-17)14-10-21-16-13(14)4-2-8-20-16/h2,4,8-11,19H,1,3,5-7H2,(H,20,21)(H2,18,22,23)/t11-/m1/s1. The minimum absolute atomic E-state index is 0.329. The molecule has 3 aromatic heterocycles. The van der Waals surface area contributed by atoms with Crippen molar-refractivity contribution in [3.8, 4) is 11.3 Å². The Morgan fingerprint density at radius 1 is 1.30 bits per heavy atom. The third kappa shape index (κ3) is 2.90. The number of pyridine rings is 1. The molecule has 1 aliphatic rings. The lowest BCUT2D eigenvalue weighted by Gasteiger charge is -2.10. The van der Waals surface area contributed by atoms with Gasteiger partial charge in [0.2, 0.25) is 5.95 Å². The lowest BCUT2D eigenvalue weighted by molar-refractivity contribution is 0.555. The summed E-state index contributed by atoms with van der Waals surface area (Å²) >= 11 is 0. The molecule has 0 aromatic carbocycles. The fourth-order valence-electron chi connectivity index (χ4n) is 3.28. The number of nitrogens with one attached hydrogen (secondary N) is 2. The SMILES string of the molecule is Nc1nc(CC[C@H]2CCCN2)cc(-c2c[nH]c3ncccc23)n1. The van der Waals surface area contributed by atoms with Crippen LogP contribution in [0.15, 0.2) is 30.6 Å². The molecule has 118 valence electrons. The highest BCUT2D eigenvalue weighted by Crippen LogP contribution is 2.27. The second-order valence-corrected chi connectivity index (χ2v) is 6.04. The van der Waals surface area contributed by atoms with E-state index in [9.17, 15) is 0 Å². The number of aryl methyl sites for hydroxylation is 1. The molecule has 0 radical (unpaired) electrons. The lowest BCUT2D eigenvalue weighted by atomic mass is 10.1. The van der Waals surface area contributed by atoms with Crippen LogP contribution in [0, 0.1) is 0 Å². The van der Waals surface area contributed by atoms with Crippen molar-refractivity contribution in [2.24, 2.45) is 0 Å². The van der Waals surface area contributed by atoms with Crippen LogP contribution in [0.1, 0.15) is 25.0 Å². The molecule has 6 nitrogen and oxygen atoms in total. The summed E-state index contributed by atoms with van der Waals surface area (Å²) in [5, 5.41) is 4.57. The van der Waals surface area contributed by atoms with Crippen molar-refractivity contribution in [1.29, 1.82) is 0 Å². The predicted octanol–water partition coefficient (Wildman–Crippen LogP) is 2.29. The number of anilines is 1. The zero-order valence-electron chi connectivity index (χ0n) is 12.9. The molecule has 4 rings (SSSR count). The summed E-state index contributed by atoms with van der Waals surface area (Å²) in [5.41, 5.74) is 9.66. The maximum Gasteiger partial charge on any atom is 0.220 e. The second kappa shape index (κ2) is 5.96. The largest absolute Gasteiger partial charge is 0.368 e. The van der Waals surface area contributed by atoms with Gasteiger partial charge in [-0.1, -0.05) is 0 Å². The molecule has 0 spiro atoms. The number of rotatable bonds is 4. The molecule has 1 fully saturated rings. The summed E-state index contributed by atoms with van der Waals surface area (Å²) in [4.78, 5) is 16.3. The van der Waals surface area contributed by atoms with Crippen LogP contribution >= 0.6 is 0 Å². The average Bonchev–Trinajstić information content (AvgIpc) is 3.22. The van der Waals surface area contributed by atoms with Crippen LogP contribution in [0.2, 0.25) is 0 Å². The maximum absolute atomic E-state index is 5.93. The first-order chi connectivity index (χ1) is 11.3. The molecule has 4 N–H and O–H groups in total. The van der Waals surface area contributed by atoms with Gasteiger partial charge in [-0.25, -0.2) is 15.0 Å². The molecule has 0 amide bonds. The van der Waals surface area contributed by atoms with Gasteiger partial charge in [0, 0.05) is 35.1 Å². The molecule has 3 aromatic rings. The van der Waals surface area contributed by atoms with E-state index in [1.54, 1.807) is 6.20 Å². The number of aromatic amines is 1. The van der Waals surface area contributed by atoms with E-state index in [0.29, 0.717) is 12.0 Å². The van der Waals surface area contributed by atoms with Gasteiger partial charge in [0.1, 0.15) is 5.65 Å². The number of fused-ring (bicyclic) bond motifs is 1. The topological polar surface area (TPSA) is 92.5 Å². The first-order valence-corrected chi connectivity index (χ1v) is 8.09. The normalized spacial score (nSPS) is 17.8. The fourth-order valence-corrected chi connectivity index (χ4v) is 3.28. The molecule has 1 saturated heterocycles. The van der Waals surface area contributed by atoms with E-state index in [-0.39, 0.29) is 0 Å². The van der Waals surface area contributed by atoms with Crippen molar-refractivity contribution in [1.82, 2.24) is 25.3 Å². The van der Waals surface area contributed by atoms with Crippen LogP contribution in [-0.2, 0) is 6.42 Å². The highest BCUT2D eigenvalue weighted by molar-refractivity contribution is 5.92. The number of nitrogens with two attached hydrogens (primary N) is 1. The first-order valence-electron chi connectivity index (χ1n) is 8.09. The Kier molecular flexibility index (Phi) is 3.67. The zero-order valence-corrected chi connectivity index (χ0v) is 12.9. The van der Waals surface area contributed by atoms with Crippen LogP contribution in [0.3, 0.4) is 0 Å². The first kappa shape index (κ1) is 14.1. The van der Waals surface area contributed by atoms with Gasteiger partial charge in [0.15, 0.2) is 0 Å². The Hall–Kier alpha value is -2.47. The number of H-pyrrole nitrogens is 1. The van der Waals surface area contributed by atoms with Crippen molar-refractivity contribution >= 4 is 17.0 Å². The summed E-state index contributed by atoms with van der Waals surface area (Å²) in [6.07, 6.45) is 8.23. The Bertz CT molecular complexity index is 819. The summed E-state index contributed by atoms with van der Waals surface area (Å²) in [5.74, 6) is 0.329. The summed E-state index contributed by atoms with van der Waals surface area (Å²) in [7, 11) is 0. The smallest absolute Gasteiger partial charge is 0.220 e. The molecule has 0 bridgehead atoms. The number of nitrogens with zero attached hydrogens (tertiary/aromatic N) is 3. The Balaban J connectivity index is 1.63. The van der Waals surface area contributed by atoms with Gasteiger partial charge in [0.25, 0.3) is 0 Å². The van der Waals surface area contributed by atoms with Crippen molar-refractivity contribution in [2.45, 2.75) is 31.7 Å². The van der Waals surface area contributed by atoms with Gasteiger partial charge in [-0.2, -0.15) is 0 Å². The molecular formula is C17H20N6. The third-order valence-electron chi connectivity index (χ3n) is 4.43. The van der Waals surface area contributed by atoms with Crippen LogP contribution in [0.4, 0.5) is 5.95 Å². The van der Waals surface area contributed by atoms with Crippen LogP contribution in [0.25, 0.3) is 22.3 Å². The lowest BCUT2D eigenvalue weighted by Crippen LogP contribution is -2.21. The number of hydrogen-bond donors (Lipinski definition) is 3. The van der Waals surface area contributed by atoms with Gasteiger partial charge >= 0.3 is 0 Å². The molecule has 1 aliphatic heterocycles. The van der Waals surface area contributed by atoms with Gasteiger partial charge in [-0.05, 0) is 50.4 Å². The molecule has 0 unspecified atom stereocenters. The van der Waals surface area contributed by atoms with E-state index in [1.165, 1.54) is 12.8 Å². The fraction of sp³-hybridized carbons (Fsp3) is 0.353. The van der Waals surface area contributed by atoms with Crippen molar-refractivity contribution in [2.75, 3.05) is 12.3 Å². The molecule has 0 aliphatic carbocycles. The van der Waals surface area contributed by atoms with Gasteiger partial charge in [0.05, 0.1) is 5.69 Å². The summed E-state index contributed by atoms with van der Waals surface area (Å²) in [6, 6.07) is 6.61. The van der Waals surface area contributed by atoms with Crippen molar-refractivity contribution in [3.63, 3.8) is 0 Å². The van der Waals surface area contributed by atoms with E-state index in [0.717, 1.165) is 47.4 Å². The summed E-state index contributed by atoms with van der Waals surface area (Å²) < 4.78 is 0. The molecule has 1 atom stereocenters. The van der Waals surface area contributed by atoms with Crippen LogP contribution < -0.4 is 11.1 Å². The van der Waals surface area contributed by atoms with E-state index in [2.05, 4.69) is 25.3 Å². The minimum Gasteiger partial charge on any atom is -0.368 e. The second-order valence-electron chi connectivity index (χ2n) is 6.04. The Labute approximate surface area is 134 Å². The maximum atomic E-state index is 5.93. The quantitative estimate of drug-likeness (QED) is 0.687. The Morgan fingerprint density at radius 2 is 2.26 bits per heavy atom. The van der Waals surface area contributed by atoms with Gasteiger partial charge in [-0.3, -0.25) is 0 Å². The molecular weight excluding hydrogens is 288 g/mol. The minimum atomic E-state index is 0.329. The highest BCUT2D eigenvalue weighted by atomic mass is 15.0. The van der Waals surface area contributed by atoms with E-state index < -0.39 is 0 Å². The zero-order chi connectivity index (χ0) is 15.6. The molecule has 6 heteroatoms. The van der Waals surface area contributed by atoms with E-state index in [1.807, 2.05) is 24.4 Å². The third-order valence-corrected chi connectivity index (χ3v) is 4.43. The van der Waals surface area contributed by atoms with E-state index in [4.69, 9.17) is 5.73 Å². The highest BCUT2D eigenvalue weighted by Gasteiger charge is 2.15. The average molecular weight is 308 g/mol. The number of nitrogen functional groups attached to an aromatic ring is 1. The van der Waals surface area contributed by atoms with Crippen molar-refractivity contribution in [3.05, 3.63) is 36.3 Å². The Morgan fingerprint density at radius 3 is 3.13 bits per heavy atom. The number of hydrogen-bond acceptors (Lipinski definition) is 5. The van der Waals surface area contributed by atoms with Crippen LogP contribution in [-0.4, -0.2) is 32.5 Å². The predicted molar refractivity (Wildman–Crippen MR) is 90.9 cm³/mol. The monoisotopic (exact) mass is 308 g/mol. The van der Waals surface area contributed by atoms with Gasteiger partial charge in [-0.15, -0.1) is 0 Å². The summed E-state index contributed by atoms with van der Waals surface area (Å²) in [6.45, 7) is 1.13. The molecule has 4 heterocycles. The molecule has 0 saturated carbocycles. The molecule has 23 heavy (non-hydrogen) atoms. The van der Waals surface area contributed by atoms with Gasteiger partial charge < -0.3 is 16.0 Å². The van der Waals surface area contributed by atoms with Crippen LogP contribution in [0.5, 0.6) is 0 Å².